The van der Waals surface area contributed by atoms with Crippen molar-refractivity contribution in [3.63, 3.8) is 0 Å². The number of methoxy groups -OCH3 is 2. The van der Waals surface area contributed by atoms with Crippen molar-refractivity contribution in [1.29, 1.82) is 0 Å². The minimum atomic E-state index is -1.42. The van der Waals surface area contributed by atoms with Crippen molar-refractivity contribution in [3.05, 3.63) is 58.5 Å². The third-order valence-corrected chi connectivity index (χ3v) is 7.53. The molecule has 0 spiro atoms. The first-order valence-electron chi connectivity index (χ1n) is 13.2. The molecule has 1 aliphatic heterocycles. The number of hydrogen-bond acceptors (Lipinski definition) is 10. The van der Waals surface area contributed by atoms with Crippen LogP contribution in [0.5, 0.6) is 17.2 Å². The summed E-state index contributed by atoms with van der Waals surface area (Å²) < 4.78 is 28.9. The zero-order valence-corrected chi connectivity index (χ0v) is 23.7. The van der Waals surface area contributed by atoms with E-state index in [-0.39, 0.29) is 33.2 Å². The van der Waals surface area contributed by atoms with Gasteiger partial charge in [0.25, 0.3) is 0 Å². The Morgan fingerprint density at radius 3 is 2.33 bits per heavy atom. The Balaban J connectivity index is 1.86. The molecule has 3 aromatic carbocycles. The second-order valence-corrected chi connectivity index (χ2v) is 10.2. The summed E-state index contributed by atoms with van der Waals surface area (Å²) in [6, 6.07) is 6.92. The SMILES string of the molecule is C=Cc1cc(OC)c2c(c1)c(=O)oc1c2cc(OC)c2c(O)ccc([C@@H]3O[C@H](C)[C@@H](OC(C)=O)[C@@H](NC(C)=O)[C@H]3O)c21. The number of ether oxygens (including phenoxy) is 4. The molecule has 4 aromatic rings. The topological polar surface area (TPSA) is 154 Å². The van der Waals surface area contributed by atoms with Crippen molar-refractivity contribution < 1.29 is 43.2 Å². The van der Waals surface area contributed by atoms with E-state index < -0.39 is 48.0 Å². The second kappa shape index (κ2) is 11.0. The first-order valence-corrected chi connectivity index (χ1v) is 13.2. The van der Waals surface area contributed by atoms with Crippen LogP contribution < -0.4 is 20.4 Å². The molecular formula is C31H31NO10. The third kappa shape index (κ3) is 4.70. The number of aliphatic hydroxyl groups is 1. The molecule has 2 heterocycles. The van der Waals surface area contributed by atoms with E-state index in [1.807, 2.05) is 0 Å². The highest BCUT2D eigenvalue weighted by Crippen LogP contribution is 2.47. The van der Waals surface area contributed by atoms with Crippen molar-refractivity contribution in [1.82, 2.24) is 5.32 Å². The molecule has 0 bridgehead atoms. The first kappa shape index (κ1) is 28.9. The van der Waals surface area contributed by atoms with Gasteiger partial charge >= 0.3 is 11.6 Å². The largest absolute Gasteiger partial charge is 0.507 e. The minimum Gasteiger partial charge on any atom is -0.507 e. The van der Waals surface area contributed by atoms with Crippen molar-refractivity contribution in [2.75, 3.05) is 14.2 Å². The van der Waals surface area contributed by atoms with Gasteiger partial charge in [-0.1, -0.05) is 18.7 Å². The molecule has 11 heteroatoms. The fourth-order valence-corrected chi connectivity index (χ4v) is 5.78. The van der Waals surface area contributed by atoms with Crippen LogP contribution in [0.1, 0.15) is 38.0 Å². The average Bonchev–Trinajstić information content (AvgIpc) is 2.95. The van der Waals surface area contributed by atoms with Crippen LogP contribution in [-0.4, -0.2) is 60.7 Å². The average molecular weight is 578 g/mol. The number of phenols is 1. The molecule has 1 amide bonds. The summed E-state index contributed by atoms with van der Waals surface area (Å²) in [6.07, 6.45) is -2.71. The molecule has 220 valence electrons. The molecule has 0 unspecified atom stereocenters. The number of fused-ring (bicyclic) bond motifs is 5. The van der Waals surface area contributed by atoms with E-state index in [1.165, 1.54) is 40.2 Å². The molecule has 1 saturated heterocycles. The van der Waals surface area contributed by atoms with Gasteiger partial charge in [-0.3, -0.25) is 9.59 Å². The Morgan fingerprint density at radius 2 is 1.71 bits per heavy atom. The number of aromatic hydroxyl groups is 1. The molecule has 5 atom stereocenters. The number of esters is 1. The number of aliphatic hydroxyl groups excluding tert-OH is 1. The van der Waals surface area contributed by atoms with E-state index in [0.29, 0.717) is 27.6 Å². The van der Waals surface area contributed by atoms with Gasteiger partial charge in [0.05, 0.1) is 37.1 Å². The quantitative estimate of drug-likeness (QED) is 0.176. The monoisotopic (exact) mass is 577 g/mol. The predicted molar refractivity (Wildman–Crippen MR) is 155 cm³/mol. The Bertz CT molecular complexity index is 1810. The number of carbonyl (C=O) groups is 2. The van der Waals surface area contributed by atoms with Gasteiger partial charge in [0.1, 0.15) is 35.0 Å². The van der Waals surface area contributed by atoms with Gasteiger partial charge in [-0.05, 0) is 42.3 Å². The van der Waals surface area contributed by atoms with Gasteiger partial charge in [0.2, 0.25) is 5.91 Å². The Hall–Kier alpha value is -4.61. The lowest BCUT2D eigenvalue weighted by Crippen LogP contribution is -2.61. The van der Waals surface area contributed by atoms with Crippen molar-refractivity contribution in [2.45, 2.75) is 51.2 Å². The minimum absolute atomic E-state index is 0.0977. The summed E-state index contributed by atoms with van der Waals surface area (Å²) in [5, 5.41) is 26.9. The summed E-state index contributed by atoms with van der Waals surface area (Å²) in [6.45, 7) is 7.93. The number of carbonyl (C=O) groups excluding carboxylic acids is 2. The standard InChI is InChI=1S/C31H31NO10/c1-7-16-10-19-23(21(11-16)38-5)18-12-22(39-6)25-20(35)9-8-17(24(25)29(18)42-31(19)37)30-27(36)26(32-14(3)33)28(13(2)40-30)41-15(4)34/h7-13,26-28,30,35-36H,1H2,2-6H3,(H,32,33)/t13-,26+,27-,28-,30+/m1/s1. The molecule has 0 aliphatic carbocycles. The van der Waals surface area contributed by atoms with E-state index >= 15 is 0 Å². The van der Waals surface area contributed by atoms with Crippen LogP contribution in [0.15, 0.2) is 46.1 Å². The maximum Gasteiger partial charge on any atom is 0.344 e. The summed E-state index contributed by atoms with van der Waals surface area (Å²) in [5.41, 5.74) is 0.424. The maximum atomic E-state index is 13.4. The van der Waals surface area contributed by atoms with Crippen LogP contribution in [0.4, 0.5) is 0 Å². The van der Waals surface area contributed by atoms with Crippen molar-refractivity contribution in [3.8, 4) is 17.2 Å². The van der Waals surface area contributed by atoms with Gasteiger partial charge in [-0.2, -0.15) is 0 Å². The zero-order chi connectivity index (χ0) is 30.5. The second-order valence-electron chi connectivity index (χ2n) is 10.2. The fraction of sp³-hybridized carbons (Fsp3) is 0.323. The fourth-order valence-electron chi connectivity index (χ4n) is 5.78. The van der Waals surface area contributed by atoms with Gasteiger partial charge in [-0.15, -0.1) is 0 Å². The molecule has 11 nitrogen and oxygen atoms in total. The summed E-state index contributed by atoms with van der Waals surface area (Å²) in [4.78, 5) is 37.3. The van der Waals surface area contributed by atoms with E-state index in [9.17, 15) is 24.6 Å². The lowest BCUT2D eigenvalue weighted by molar-refractivity contribution is -0.200. The lowest BCUT2D eigenvalue weighted by Gasteiger charge is -2.43. The van der Waals surface area contributed by atoms with Crippen LogP contribution >= 0.6 is 0 Å². The Morgan fingerprint density at radius 1 is 1.02 bits per heavy atom. The number of benzene rings is 3. The smallest absolute Gasteiger partial charge is 0.344 e. The number of rotatable bonds is 6. The Labute approximate surface area is 240 Å². The molecule has 5 rings (SSSR count). The van der Waals surface area contributed by atoms with Crippen LogP contribution in [-0.2, 0) is 19.1 Å². The number of nitrogens with one attached hydrogen (secondary N) is 1. The Kier molecular flexibility index (Phi) is 7.56. The number of phenolic OH excluding ortho intramolecular Hbond substituents is 1. The predicted octanol–water partition coefficient (Wildman–Crippen LogP) is 3.72. The van der Waals surface area contributed by atoms with Crippen LogP contribution in [0.25, 0.3) is 38.6 Å². The molecule has 1 fully saturated rings. The lowest BCUT2D eigenvalue weighted by atomic mass is 9.86. The van der Waals surface area contributed by atoms with Gasteiger partial charge in [-0.25, -0.2) is 4.79 Å². The van der Waals surface area contributed by atoms with E-state index in [0.717, 1.165) is 0 Å². The van der Waals surface area contributed by atoms with Gasteiger partial charge in [0.15, 0.2) is 6.10 Å². The van der Waals surface area contributed by atoms with Crippen LogP contribution in [0.3, 0.4) is 0 Å². The van der Waals surface area contributed by atoms with Crippen LogP contribution in [0, 0.1) is 0 Å². The van der Waals surface area contributed by atoms with Crippen LogP contribution in [0.2, 0.25) is 0 Å². The van der Waals surface area contributed by atoms with Crippen molar-refractivity contribution in [2.24, 2.45) is 0 Å². The molecule has 0 saturated carbocycles. The summed E-state index contributed by atoms with van der Waals surface area (Å²) in [5.74, 6) is -0.573. The first-order chi connectivity index (χ1) is 20.0. The maximum absolute atomic E-state index is 13.4. The van der Waals surface area contributed by atoms with E-state index in [4.69, 9.17) is 23.4 Å². The number of hydrogen-bond donors (Lipinski definition) is 3. The third-order valence-electron chi connectivity index (χ3n) is 7.53. The van der Waals surface area contributed by atoms with E-state index in [2.05, 4.69) is 11.9 Å². The highest BCUT2D eigenvalue weighted by Gasteiger charge is 2.47. The number of amides is 1. The molecule has 1 aliphatic rings. The molecule has 1 aromatic heterocycles. The highest BCUT2D eigenvalue weighted by atomic mass is 16.6. The summed E-state index contributed by atoms with van der Waals surface area (Å²) in [7, 11) is 2.92. The van der Waals surface area contributed by atoms with E-state index in [1.54, 1.807) is 31.2 Å². The van der Waals surface area contributed by atoms with Gasteiger partial charge in [0, 0.05) is 30.0 Å². The molecular weight excluding hydrogens is 546 g/mol. The zero-order valence-electron chi connectivity index (χ0n) is 23.7. The summed E-state index contributed by atoms with van der Waals surface area (Å²) >= 11 is 0. The molecule has 42 heavy (non-hydrogen) atoms. The molecule has 0 radical (unpaired) electrons. The highest BCUT2D eigenvalue weighted by molar-refractivity contribution is 6.19. The van der Waals surface area contributed by atoms with Gasteiger partial charge < -0.3 is 38.9 Å². The van der Waals surface area contributed by atoms with Crippen molar-refractivity contribution >= 4 is 50.5 Å². The molecule has 3 N–H and O–H groups in total. The normalized spacial score (nSPS) is 22.2.